The molecule has 4 nitrogen and oxygen atoms in total. The molecule has 0 saturated carbocycles. The van der Waals surface area contributed by atoms with Gasteiger partial charge >= 0.3 is 0 Å². The Balaban J connectivity index is 2.17. The Kier molecular flexibility index (Phi) is 6.32. The van der Waals surface area contributed by atoms with Crippen LogP contribution in [0.3, 0.4) is 0 Å². The van der Waals surface area contributed by atoms with E-state index in [1.165, 1.54) is 4.90 Å². The summed E-state index contributed by atoms with van der Waals surface area (Å²) >= 11 is 1.80. The topological polar surface area (TPSA) is 67.8 Å². The highest BCUT2D eigenvalue weighted by Crippen LogP contribution is 2.22. The Morgan fingerprint density at radius 1 is 1.35 bits per heavy atom. The van der Waals surface area contributed by atoms with Gasteiger partial charge in [-0.3, -0.25) is 0 Å². The van der Waals surface area contributed by atoms with Crippen molar-refractivity contribution >= 4 is 17.6 Å². The van der Waals surface area contributed by atoms with Crippen molar-refractivity contribution in [1.29, 1.82) is 0 Å². The third kappa shape index (κ3) is 5.49. The number of ether oxygens (including phenoxy) is 1. The van der Waals surface area contributed by atoms with E-state index in [1.54, 1.807) is 18.9 Å². The standard InChI is InChI=1S/C12H18N2O2S/c1-16-10-5-7-11(8-6-10)17-9-3-2-4-12(13)14-15/h5-8,15H,2-4,9H2,1H3,(H2,13,14). The summed E-state index contributed by atoms with van der Waals surface area (Å²) in [4.78, 5) is 1.23. The molecule has 1 aromatic carbocycles. The first-order chi connectivity index (χ1) is 8.26. The largest absolute Gasteiger partial charge is 0.497 e. The number of rotatable bonds is 7. The van der Waals surface area contributed by atoms with Crippen molar-refractivity contribution in [3.05, 3.63) is 24.3 Å². The van der Waals surface area contributed by atoms with Gasteiger partial charge in [0.1, 0.15) is 11.6 Å². The van der Waals surface area contributed by atoms with E-state index in [1.807, 2.05) is 24.3 Å². The van der Waals surface area contributed by atoms with E-state index in [9.17, 15) is 0 Å². The number of thioether (sulfide) groups is 1. The van der Waals surface area contributed by atoms with Crippen LogP contribution in [0.4, 0.5) is 0 Å². The second-order valence-electron chi connectivity index (χ2n) is 3.57. The lowest BCUT2D eigenvalue weighted by Gasteiger charge is -2.03. The highest BCUT2D eigenvalue weighted by atomic mass is 32.2. The third-order valence-electron chi connectivity index (χ3n) is 2.28. The summed E-state index contributed by atoms with van der Waals surface area (Å²) in [6.45, 7) is 0. The van der Waals surface area contributed by atoms with E-state index in [0.29, 0.717) is 12.3 Å². The monoisotopic (exact) mass is 254 g/mol. The van der Waals surface area contributed by atoms with Crippen LogP contribution in [0.2, 0.25) is 0 Å². The number of oxime groups is 1. The molecule has 0 fully saturated rings. The van der Waals surface area contributed by atoms with Crippen molar-refractivity contribution < 1.29 is 9.94 Å². The Labute approximate surface area is 106 Å². The number of benzene rings is 1. The summed E-state index contributed by atoms with van der Waals surface area (Å²) in [6.07, 6.45) is 2.64. The predicted molar refractivity (Wildman–Crippen MR) is 71.0 cm³/mol. The van der Waals surface area contributed by atoms with Gasteiger partial charge in [0, 0.05) is 11.3 Å². The molecule has 5 heteroatoms. The van der Waals surface area contributed by atoms with Crippen LogP contribution < -0.4 is 10.5 Å². The fraction of sp³-hybridized carbons (Fsp3) is 0.417. The molecule has 0 aliphatic heterocycles. The van der Waals surface area contributed by atoms with E-state index in [4.69, 9.17) is 15.7 Å². The molecule has 0 saturated heterocycles. The summed E-state index contributed by atoms with van der Waals surface area (Å²) in [6, 6.07) is 8.01. The third-order valence-corrected chi connectivity index (χ3v) is 3.38. The zero-order valence-corrected chi connectivity index (χ0v) is 10.7. The van der Waals surface area contributed by atoms with Gasteiger partial charge in [0.05, 0.1) is 7.11 Å². The zero-order valence-electron chi connectivity index (χ0n) is 9.93. The summed E-state index contributed by atoms with van der Waals surface area (Å²) in [5, 5.41) is 11.3. The van der Waals surface area contributed by atoms with Crippen molar-refractivity contribution in [2.45, 2.75) is 24.2 Å². The molecule has 0 bridgehead atoms. The maximum Gasteiger partial charge on any atom is 0.139 e. The van der Waals surface area contributed by atoms with E-state index < -0.39 is 0 Å². The second-order valence-corrected chi connectivity index (χ2v) is 4.74. The minimum Gasteiger partial charge on any atom is -0.497 e. The molecule has 0 unspecified atom stereocenters. The van der Waals surface area contributed by atoms with Gasteiger partial charge in [-0.1, -0.05) is 5.16 Å². The summed E-state index contributed by atoms with van der Waals surface area (Å²) in [5.74, 6) is 2.21. The van der Waals surface area contributed by atoms with Crippen LogP contribution in [-0.4, -0.2) is 23.9 Å². The van der Waals surface area contributed by atoms with Crippen LogP contribution >= 0.6 is 11.8 Å². The molecule has 0 amide bonds. The first-order valence-electron chi connectivity index (χ1n) is 5.49. The second kappa shape index (κ2) is 7.84. The first-order valence-corrected chi connectivity index (χ1v) is 6.48. The highest BCUT2D eigenvalue weighted by Gasteiger charge is 1.97. The lowest BCUT2D eigenvalue weighted by molar-refractivity contribution is 0.316. The average Bonchev–Trinajstić information content (AvgIpc) is 2.38. The maximum absolute atomic E-state index is 8.36. The molecule has 0 aliphatic rings. The summed E-state index contributed by atoms with van der Waals surface area (Å²) < 4.78 is 5.09. The van der Waals surface area contributed by atoms with Crippen LogP contribution in [0.25, 0.3) is 0 Å². The highest BCUT2D eigenvalue weighted by molar-refractivity contribution is 7.99. The maximum atomic E-state index is 8.36. The summed E-state index contributed by atoms with van der Waals surface area (Å²) in [5.41, 5.74) is 5.38. The number of hydrogen-bond donors (Lipinski definition) is 2. The zero-order chi connectivity index (χ0) is 12.5. The quantitative estimate of drug-likeness (QED) is 0.196. The van der Waals surface area contributed by atoms with E-state index in [0.717, 1.165) is 24.3 Å². The van der Waals surface area contributed by atoms with Crippen molar-refractivity contribution in [3.8, 4) is 5.75 Å². The molecule has 0 aromatic heterocycles. The number of nitrogens with two attached hydrogens (primary N) is 1. The smallest absolute Gasteiger partial charge is 0.139 e. The Hall–Kier alpha value is -1.36. The van der Waals surface area contributed by atoms with Gasteiger partial charge < -0.3 is 15.7 Å². The van der Waals surface area contributed by atoms with Gasteiger partial charge in [-0.05, 0) is 42.9 Å². The Morgan fingerprint density at radius 2 is 2.06 bits per heavy atom. The number of amidine groups is 1. The molecular formula is C12H18N2O2S. The van der Waals surface area contributed by atoms with Gasteiger partial charge in [-0.15, -0.1) is 11.8 Å². The Bertz CT molecular complexity index is 352. The molecule has 1 aromatic rings. The lowest BCUT2D eigenvalue weighted by atomic mass is 10.2. The van der Waals surface area contributed by atoms with E-state index in [2.05, 4.69) is 5.16 Å². The molecule has 0 atom stereocenters. The summed E-state index contributed by atoms with van der Waals surface area (Å²) in [7, 11) is 1.66. The van der Waals surface area contributed by atoms with Gasteiger partial charge in [0.2, 0.25) is 0 Å². The molecule has 0 aliphatic carbocycles. The van der Waals surface area contributed by atoms with Crippen molar-refractivity contribution in [2.75, 3.05) is 12.9 Å². The fourth-order valence-electron chi connectivity index (χ4n) is 1.32. The van der Waals surface area contributed by atoms with E-state index >= 15 is 0 Å². The Morgan fingerprint density at radius 3 is 2.65 bits per heavy atom. The number of methoxy groups -OCH3 is 1. The fourth-order valence-corrected chi connectivity index (χ4v) is 2.23. The molecule has 0 radical (unpaired) electrons. The van der Waals surface area contributed by atoms with Crippen LogP contribution in [-0.2, 0) is 0 Å². The molecule has 17 heavy (non-hydrogen) atoms. The predicted octanol–water partition coefficient (Wildman–Crippen LogP) is 2.70. The lowest BCUT2D eigenvalue weighted by Crippen LogP contribution is -2.10. The van der Waals surface area contributed by atoms with Gasteiger partial charge in [-0.2, -0.15) is 0 Å². The van der Waals surface area contributed by atoms with Gasteiger partial charge in [0.25, 0.3) is 0 Å². The van der Waals surface area contributed by atoms with Crippen LogP contribution in [0, 0.1) is 0 Å². The van der Waals surface area contributed by atoms with Crippen LogP contribution in [0.5, 0.6) is 5.75 Å². The number of nitrogens with zero attached hydrogens (tertiary/aromatic N) is 1. The molecule has 94 valence electrons. The van der Waals surface area contributed by atoms with Crippen molar-refractivity contribution in [2.24, 2.45) is 10.9 Å². The molecule has 1 rings (SSSR count). The molecule has 3 N–H and O–H groups in total. The van der Waals surface area contributed by atoms with E-state index in [-0.39, 0.29) is 0 Å². The number of hydrogen-bond acceptors (Lipinski definition) is 4. The molecule has 0 heterocycles. The van der Waals surface area contributed by atoms with Gasteiger partial charge in [0.15, 0.2) is 0 Å². The average molecular weight is 254 g/mol. The molecule has 0 spiro atoms. The minimum absolute atomic E-state index is 0.305. The van der Waals surface area contributed by atoms with Crippen molar-refractivity contribution in [1.82, 2.24) is 0 Å². The molecular weight excluding hydrogens is 236 g/mol. The van der Waals surface area contributed by atoms with Gasteiger partial charge in [-0.25, -0.2) is 0 Å². The van der Waals surface area contributed by atoms with Crippen LogP contribution in [0.1, 0.15) is 19.3 Å². The normalized spacial score (nSPS) is 11.5. The first kappa shape index (κ1) is 13.7. The minimum atomic E-state index is 0.305. The van der Waals surface area contributed by atoms with Crippen molar-refractivity contribution in [3.63, 3.8) is 0 Å². The number of unbranched alkanes of at least 4 members (excludes halogenated alkanes) is 1. The SMILES string of the molecule is COc1ccc(SCCCC/C(N)=N/O)cc1. The van der Waals surface area contributed by atoms with Crippen LogP contribution in [0.15, 0.2) is 34.3 Å².